The topological polar surface area (TPSA) is 12.0 Å². The van der Waals surface area contributed by atoms with E-state index in [1.165, 1.54) is 6.07 Å². The Morgan fingerprint density at radius 3 is 2.55 bits per heavy atom. The van der Waals surface area contributed by atoms with Crippen molar-refractivity contribution in [3.8, 4) is 0 Å². The molecule has 0 radical (unpaired) electrons. The Hall–Kier alpha value is -1.16. The van der Waals surface area contributed by atoms with Crippen molar-refractivity contribution in [3.05, 3.63) is 69.2 Å². The Labute approximate surface area is 126 Å². The van der Waals surface area contributed by atoms with Crippen LogP contribution in [0.4, 0.5) is 8.78 Å². The smallest absolute Gasteiger partial charge is 0.128 e. The quantitative estimate of drug-likeness (QED) is 0.840. The van der Waals surface area contributed by atoms with Crippen LogP contribution < -0.4 is 5.32 Å². The van der Waals surface area contributed by atoms with Gasteiger partial charge in [0.2, 0.25) is 0 Å². The molecule has 20 heavy (non-hydrogen) atoms. The fraction of sp³-hybridized carbons (Fsp3) is 0.200. The van der Waals surface area contributed by atoms with Crippen LogP contribution >= 0.6 is 23.2 Å². The monoisotopic (exact) mass is 315 g/mol. The van der Waals surface area contributed by atoms with Crippen molar-refractivity contribution in [1.82, 2.24) is 5.32 Å². The van der Waals surface area contributed by atoms with Crippen LogP contribution in [0.3, 0.4) is 0 Å². The van der Waals surface area contributed by atoms with E-state index in [1.807, 2.05) is 6.92 Å². The lowest BCUT2D eigenvalue weighted by Gasteiger charge is -2.21. The average Bonchev–Trinajstić information content (AvgIpc) is 2.43. The van der Waals surface area contributed by atoms with Crippen molar-refractivity contribution in [2.24, 2.45) is 0 Å². The maximum Gasteiger partial charge on any atom is 0.128 e. The SMILES string of the molecule is CCNC(c1cc(F)ccc1F)c1cccc(Cl)c1Cl. The van der Waals surface area contributed by atoms with Gasteiger partial charge in [-0.25, -0.2) is 8.78 Å². The van der Waals surface area contributed by atoms with Crippen LogP contribution in [0.1, 0.15) is 24.1 Å². The summed E-state index contributed by atoms with van der Waals surface area (Å²) in [5.41, 5.74) is 0.821. The minimum atomic E-state index is -0.554. The first kappa shape index (κ1) is 15.2. The van der Waals surface area contributed by atoms with E-state index in [0.717, 1.165) is 12.1 Å². The van der Waals surface area contributed by atoms with Gasteiger partial charge in [0.1, 0.15) is 11.6 Å². The highest BCUT2D eigenvalue weighted by Gasteiger charge is 2.21. The van der Waals surface area contributed by atoms with Gasteiger partial charge in [0.25, 0.3) is 0 Å². The molecule has 0 saturated carbocycles. The Balaban J connectivity index is 2.56. The molecule has 1 atom stereocenters. The van der Waals surface area contributed by atoms with Crippen LogP contribution in [0.5, 0.6) is 0 Å². The van der Waals surface area contributed by atoms with Crippen molar-refractivity contribution < 1.29 is 8.78 Å². The van der Waals surface area contributed by atoms with Gasteiger partial charge in [-0.15, -0.1) is 0 Å². The molecule has 1 N–H and O–H groups in total. The summed E-state index contributed by atoms with van der Waals surface area (Å²) < 4.78 is 27.4. The number of nitrogens with one attached hydrogen (secondary N) is 1. The fourth-order valence-electron chi connectivity index (χ4n) is 2.07. The number of benzene rings is 2. The van der Waals surface area contributed by atoms with Crippen LogP contribution in [0.15, 0.2) is 36.4 Å². The molecule has 0 saturated heterocycles. The van der Waals surface area contributed by atoms with Crippen LogP contribution in [-0.2, 0) is 0 Å². The fourth-order valence-corrected chi connectivity index (χ4v) is 2.49. The molecule has 2 rings (SSSR count). The van der Waals surface area contributed by atoms with Gasteiger partial charge >= 0.3 is 0 Å². The van der Waals surface area contributed by atoms with Gasteiger partial charge < -0.3 is 5.32 Å². The number of rotatable bonds is 4. The predicted molar refractivity (Wildman–Crippen MR) is 78.3 cm³/mol. The summed E-state index contributed by atoms with van der Waals surface area (Å²) >= 11 is 12.2. The summed E-state index contributed by atoms with van der Waals surface area (Å²) in [5, 5.41) is 3.82. The van der Waals surface area contributed by atoms with Crippen molar-refractivity contribution in [2.45, 2.75) is 13.0 Å². The van der Waals surface area contributed by atoms with E-state index >= 15 is 0 Å². The third-order valence-corrected chi connectivity index (χ3v) is 3.80. The Morgan fingerprint density at radius 1 is 1.10 bits per heavy atom. The third kappa shape index (κ3) is 3.11. The molecule has 1 nitrogen and oxygen atoms in total. The lowest BCUT2D eigenvalue weighted by molar-refractivity contribution is 0.545. The van der Waals surface area contributed by atoms with Crippen molar-refractivity contribution in [1.29, 1.82) is 0 Å². The molecule has 2 aromatic rings. The largest absolute Gasteiger partial charge is 0.306 e. The summed E-state index contributed by atoms with van der Waals surface area (Å²) in [6.07, 6.45) is 0. The molecule has 0 amide bonds. The summed E-state index contributed by atoms with van der Waals surface area (Å²) in [5.74, 6) is -0.990. The van der Waals surface area contributed by atoms with Crippen LogP contribution in [-0.4, -0.2) is 6.54 Å². The van der Waals surface area contributed by atoms with E-state index < -0.39 is 17.7 Å². The first-order valence-electron chi connectivity index (χ1n) is 6.16. The standard InChI is InChI=1S/C15H13Cl2F2N/c1-2-20-15(10-4-3-5-12(16)14(10)17)11-8-9(18)6-7-13(11)19/h3-8,15,20H,2H2,1H3. The second kappa shape index (κ2) is 6.53. The molecule has 0 aliphatic heterocycles. The first-order chi connectivity index (χ1) is 9.54. The van der Waals surface area contributed by atoms with Crippen LogP contribution in [0, 0.1) is 11.6 Å². The molecule has 0 spiro atoms. The second-order valence-electron chi connectivity index (χ2n) is 4.30. The zero-order valence-electron chi connectivity index (χ0n) is 10.8. The van der Waals surface area contributed by atoms with Gasteiger partial charge in [-0.1, -0.05) is 42.3 Å². The first-order valence-corrected chi connectivity index (χ1v) is 6.92. The summed E-state index contributed by atoms with van der Waals surface area (Å²) in [6.45, 7) is 2.45. The number of halogens is 4. The van der Waals surface area contributed by atoms with Crippen LogP contribution in [0.2, 0.25) is 10.0 Å². The van der Waals surface area contributed by atoms with E-state index in [1.54, 1.807) is 18.2 Å². The predicted octanol–water partition coefficient (Wildman–Crippen LogP) is 4.97. The van der Waals surface area contributed by atoms with Gasteiger partial charge in [0, 0.05) is 5.56 Å². The highest BCUT2D eigenvalue weighted by atomic mass is 35.5. The molecule has 0 bridgehead atoms. The van der Waals surface area contributed by atoms with E-state index in [9.17, 15) is 8.78 Å². The van der Waals surface area contributed by atoms with Gasteiger partial charge in [0.05, 0.1) is 16.1 Å². The maximum atomic E-state index is 14.0. The average molecular weight is 316 g/mol. The molecular weight excluding hydrogens is 303 g/mol. The highest BCUT2D eigenvalue weighted by Crippen LogP contribution is 2.34. The third-order valence-electron chi connectivity index (χ3n) is 2.97. The molecule has 5 heteroatoms. The molecule has 0 aromatic heterocycles. The zero-order chi connectivity index (χ0) is 14.7. The minimum absolute atomic E-state index is 0.205. The Bertz CT molecular complexity index is 615. The van der Waals surface area contributed by atoms with E-state index in [4.69, 9.17) is 23.2 Å². The molecule has 0 fully saturated rings. The summed E-state index contributed by atoms with van der Waals surface area (Å²) in [6, 6.07) is 7.92. The Kier molecular flexibility index (Phi) is 4.97. The molecule has 0 aliphatic carbocycles. The highest BCUT2D eigenvalue weighted by molar-refractivity contribution is 6.42. The normalized spacial score (nSPS) is 12.4. The Morgan fingerprint density at radius 2 is 1.85 bits per heavy atom. The van der Waals surface area contributed by atoms with Gasteiger partial charge in [0.15, 0.2) is 0 Å². The maximum absolute atomic E-state index is 14.0. The van der Waals surface area contributed by atoms with Crippen molar-refractivity contribution >= 4 is 23.2 Å². The molecule has 106 valence electrons. The molecule has 0 aliphatic rings. The van der Waals surface area contributed by atoms with Crippen LogP contribution in [0.25, 0.3) is 0 Å². The number of hydrogen-bond acceptors (Lipinski definition) is 1. The van der Waals surface area contributed by atoms with Gasteiger partial charge in [-0.05, 0) is 36.4 Å². The number of hydrogen-bond donors (Lipinski definition) is 1. The zero-order valence-corrected chi connectivity index (χ0v) is 12.3. The van der Waals surface area contributed by atoms with E-state index in [-0.39, 0.29) is 5.56 Å². The van der Waals surface area contributed by atoms with E-state index in [0.29, 0.717) is 22.2 Å². The lowest BCUT2D eigenvalue weighted by Crippen LogP contribution is -2.23. The van der Waals surface area contributed by atoms with E-state index in [2.05, 4.69) is 5.32 Å². The molecule has 1 unspecified atom stereocenters. The van der Waals surface area contributed by atoms with Gasteiger partial charge in [-0.3, -0.25) is 0 Å². The molecule has 2 aromatic carbocycles. The lowest BCUT2D eigenvalue weighted by atomic mass is 9.98. The summed E-state index contributed by atoms with van der Waals surface area (Å²) in [4.78, 5) is 0. The van der Waals surface area contributed by atoms with Crippen molar-refractivity contribution in [3.63, 3.8) is 0 Å². The molecular formula is C15H13Cl2F2N. The minimum Gasteiger partial charge on any atom is -0.306 e. The second-order valence-corrected chi connectivity index (χ2v) is 5.08. The van der Waals surface area contributed by atoms with Crippen molar-refractivity contribution in [2.75, 3.05) is 6.54 Å². The van der Waals surface area contributed by atoms with Gasteiger partial charge in [-0.2, -0.15) is 0 Å². The summed E-state index contributed by atoms with van der Waals surface area (Å²) in [7, 11) is 0. The molecule has 0 heterocycles.